The van der Waals surface area contributed by atoms with Crippen LogP contribution in [-0.4, -0.2) is 96.9 Å². The van der Waals surface area contributed by atoms with Gasteiger partial charge in [0.05, 0.1) is 33.5 Å². The summed E-state index contributed by atoms with van der Waals surface area (Å²) >= 11 is 9.22. The van der Waals surface area contributed by atoms with Crippen molar-refractivity contribution in [3.8, 4) is 11.8 Å². The second-order valence-electron chi connectivity index (χ2n) is 12.3. The van der Waals surface area contributed by atoms with E-state index in [0.717, 1.165) is 47.2 Å². The number of rotatable bonds is 9. The lowest BCUT2D eigenvalue weighted by Gasteiger charge is -2.50. The molecule has 0 spiro atoms. The van der Waals surface area contributed by atoms with E-state index in [1.165, 1.54) is 0 Å². The summed E-state index contributed by atoms with van der Waals surface area (Å²) in [5.74, 6) is -2.53. The van der Waals surface area contributed by atoms with Crippen LogP contribution in [0.25, 0.3) is 0 Å². The number of ether oxygens (including phenoxy) is 2. The first kappa shape index (κ1) is 37.8. The number of aromatic nitrogens is 1. The molecule has 1 aromatic carbocycles. The Kier molecular flexibility index (Phi) is 10.1. The fraction of sp³-hybridized carbons (Fsp3) is 0.517. The predicted molar refractivity (Wildman–Crippen MR) is 162 cm³/mol. The first-order chi connectivity index (χ1) is 23.1. The number of carbonyl (C=O) groups excluding carboxylic acids is 2. The second-order valence-corrected chi connectivity index (χ2v) is 15.8. The lowest BCUT2D eigenvalue weighted by Crippen LogP contribution is -2.69. The summed E-state index contributed by atoms with van der Waals surface area (Å²) < 4.78 is 132. The maximum absolute atomic E-state index is 15.3. The summed E-state index contributed by atoms with van der Waals surface area (Å²) in [5.41, 5.74) is -3.83. The van der Waals surface area contributed by atoms with E-state index in [1.54, 1.807) is 0 Å². The van der Waals surface area contributed by atoms with Crippen molar-refractivity contribution in [2.45, 2.75) is 72.0 Å². The molecule has 2 saturated heterocycles. The van der Waals surface area contributed by atoms with E-state index < -0.39 is 123 Å². The highest BCUT2D eigenvalue weighted by Gasteiger charge is 2.59. The molecule has 3 atom stereocenters. The van der Waals surface area contributed by atoms with Crippen LogP contribution in [0, 0.1) is 17.1 Å². The van der Waals surface area contributed by atoms with Gasteiger partial charge in [-0.2, -0.15) is 31.6 Å². The minimum absolute atomic E-state index is 0.158. The molecule has 1 saturated carbocycles. The van der Waals surface area contributed by atoms with Crippen LogP contribution in [0.15, 0.2) is 39.8 Å². The van der Waals surface area contributed by atoms with Crippen molar-refractivity contribution in [1.29, 1.82) is 5.26 Å². The fourth-order valence-corrected chi connectivity index (χ4v) is 8.32. The maximum atomic E-state index is 15.3. The van der Waals surface area contributed by atoms with Gasteiger partial charge >= 0.3 is 18.4 Å². The van der Waals surface area contributed by atoms with Crippen molar-refractivity contribution in [1.82, 2.24) is 20.1 Å². The molecule has 5 rings (SSSR count). The minimum Gasteiger partial charge on any atom is -0.481 e. The highest BCUT2D eigenvalue weighted by atomic mass is 79.9. The molecule has 11 nitrogen and oxygen atoms in total. The summed E-state index contributed by atoms with van der Waals surface area (Å²) in [4.78, 5) is 32.2. The molecule has 1 aromatic heterocycles. The zero-order valence-corrected chi connectivity index (χ0v) is 28.8. The number of nitrogens with one attached hydrogen (secondary N) is 1. The van der Waals surface area contributed by atoms with Crippen LogP contribution in [-0.2, 0) is 24.8 Å². The lowest BCUT2D eigenvalue weighted by molar-refractivity contribution is -0.189. The van der Waals surface area contributed by atoms with Crippen molar-refractivity contribution >= 4 is 49.4 Å². The van der Waals surface area contributed by atoms with E-state index in [9.17, 15) is 49.6 Å². The van der Waals surface area contributed by atoms with Gasteiger partial charge in [-0.05, 0) is 53.9 Å². The summed E-state index contributed by atoms with van der Waals surface area (Å²) in [6, 6.07) is 5.54. The van der Waals surface area contributed by atoms with E-state index in [4.69, 9.17) is 21.1 Å². The van der Waals surface area contributed by atoms with Crippen molar-refractivity contribution in [3.63, 3.8) is 0 Å². The van der Waals surface area contributed by atoms with Gasteiger partial charge in [0.15, 0.2) is 22.2 Å². The maximum Gasteiger partial charge on any atom is 0.425 e. The van der Waals surface area contributed by atoms with Crippen molar-refractivity contribution in [3.05, 3.63) is 51.5 Å². The van der Waals surface area contributed by atoms with Crippen molar-refractivity contribution in [2.24, 2.45) is 0 Å². The molecule has 21 heteroatoms. The Balaban J connectivity index is 1.48. The van der Waals surface area contributed by atoms with Crippen LogP contribution in [0.2, 0.25) is 5.02 Å². The summed E-state index contributed by atoms with van der Waals surface area (Å²) in [7, 11) is -4.58. The summed E-state index contributed by atoms with van der Waals surface area (Å²) in [6.45, 7) is -2.79. The molecule has 2 aromatic rings. The molecule has 3 fully saturated rings. The van der Waals surface area contributed by atoms with Crippen LogP contribution in [0.4, 0.5) is 35.5 Å². The minimum atomic E-state index is -4.74. The lowest BCUT2D eigenvalue weighted by atomic mass is 9.74. The molecule has 272 valence electrons. The van der Waals surface area contributed by atoms with Crippen molar-refractivity contribution in [2.75, 3.05) is 26.2 Å². The number of alkyl halides is 6. The number of hydrogen-bond acceptors (Lipinski definition) is 9. The van der Waals surface area contributed by atoms with Gasteiger partial charge in [-0.1, -0.05) is 11.6 Å². The monoisotopic (exact) mass is 819 g/mol. The van der Waals surface area contributed by atoms with Gasteiger partial charge in [-0.25, -0.2) is 17.6 Å². The van der Waals surface area contributed by atoms with Crippen LogP contribution in [0.3, 0.4) is 0 Å². The molecule has 3 heterocycles. The molecule has 1 aliphatic carbocycles. The normalized spacial score (nSPS) is 22.2. The molecule has 0 unspecified atom stereocenters. The van der Waals surface area contributed by atoms with Gasteiger partial charge in [0.2, 0.25) is 5.91 Å². The smallest absolute Gasteiger partial charge is 0.425 e. The van der Waals surface area contributed by atoms with E-state index >= 15 is 4.39 Å². The zero-order chi connectivity index (χ0) is 37.0. The molecular weight excluding hydrogens is 795 g/mol. The Morgan fingerprint density at radius 3 is 2.40 bits per heavy atom. The van der Waals surface area contributed by atoms with E-state index in [-0.39, 0.29) is 17.3 Å². The Bertz CT molecular complexity index is 1830. The van der Waals surface area contributed by atoms with Crippen molar-refractivity contribution < 1.29 is 58.2 Å². The van der Waals surface area contributed by atoms with Gasteiger partial charge in [-0.15, -0.1) is 0 Å². The highest BCUT2D eigenvalue weighted by molar-refractivity contribution is 9.10. The number of amides is 2. The Hall–Kier alpha value is -3.41. The van der Waals surface area contributed by atoms with E-state index in [2.05, 4.69) is 26.2 Å². The highest BCUT2D eigenvalue weighted by Crippen LogP contribution is 2.43. The average molecular weight is 821 g/mol. The average Bonchev–Trinajstić information content (AvgIpc) is 3.61. The first-order valence-electron chi connectivity index (χ1n) is 14.7. The number of halogens is 9. The molecule has 0 bridgehead atoms. The zero-order valence-electron chi connectivity index (χ0n) is 25.6. The number of sulfone groups is 1. The molecule has 50 heavy (non-hydrogen) atoms. The Labute approximate surface area is 293 Å². The van der Waals surface area contributed by atoms with E-state index in [1.807, 2.05) is 6.07 Å². The third kappa shape index (κ3) is 7.75. The van der Waals surface area contributed by atoms with Gasteiger partial charge in [0.1, 0.15) is 22.5 Å². The van der Waals surface area contributed by atoms with E-state index in [0.29, 0.717) is 0 Å². The number of hydrogen-bond donors (Lipinski definition) is 1. The van der Waals surface area contributed by atoms with Crippen LogP contribution in [0.1, 0.15) is 31.9 Å². The third-order valence-electron chi connectivity index (χ3n) is 8.50. The molecule has 3 aliphatic rings. The fourth-order valence-electron chi connectivity index (χ4n) is 5.80. The summed E-state index contributed by atoms with van der Waals surface area (Å²) in [5, 5.41) is 9.60. The van der Waals surface area contributed by atoms with Gasteiger partial charge in [0.25, 0.3) is 0 Å². The predicted octanol–water partition coefficient (Wildman–Crippen LogP) is 5.27. The van der Waals surface area contributed by atoms with Gasteiger partial charge < -0.3 is 19.7 Å². The largest absolute Gasteiger partial charge is 0.481 e. The Morgan fingerprint density at radius 2 is 1.86 bits per heavy atom. The topological polar surface area (TPSA) is 142 Å². The Morgan fingerprint density at radius 1 is 1.20 bits per heavy atom. The quantitative estimate of drug-likeness (QED) is 0.336. The molecular formula is C29H26BrClF7N5O6S. The van der Waals surface area contributed by atoms with Gasteiger partial charge in [0, 0.05) is 42.8 Å². The number of nitrogens with zero attached hydrogens (tertiary/aromatic N) is 4. The van der Waals surface area contributed by atoms with Gasteiger partial charge in [-0.3, -0.25) is 14.7 Å². The molecule has 2 aliphatic heterocycles. The first-order valence-corrected chi connectivity index (χ1v) is 17.4. The number of pyridine rings is 1. The number of benzene rings is 1. The summed E-state index contributed by atoms with van der Waals surface area (Å²) in [6.07, 6.45) is -13.4. The number of nitriles is 1. The second kappa shape index (κ2) is 13.3. The molecule has 2 amide bonds. The van der Waals surface area contributed by atoms with Crippen LogP contribution >= 0.6 is 27.5 Å². The molecule has 1 N–H and O–H groups in total. The SMILES string of the molecule is C[C@H](Oc1ccc(S(=O)(=O)[C@@H]2C[C@H](OC(=O)NC3(C#N)CC3)N(C(=O)C3(c4ncc(Br)cc4F)CN(CC(F)(F)F)C3)C2)c(Cl)c1)C(F)(F)F. The number of alkyl carbamates (subject to hydrolysis) is 1. The molecule has 0 radical (unpaired) electrons. The number of likely N-dealkylation sites (tertiary alicyclic amines) is 2. The third-order valence-corrected chi connectivity index (χ3v) is 11.6. The standard InChI is InChI=1S/C29H26BrClF7N5O6S/c1-15(29(36,37)38)48-17-2-3-21(19(31)7-17)50(46,47)18-8-22(49-25(45)41-26(11-39)4-5-26)43(10-18)24(44)27(12-42(13-27)14-28(33,34)35)23-20(32)6-16(30)9-40-23/h2-3,6-7,9,15,18,22H,4-5,8,10,12-14H2,1H3,(H,41,45)/t15-,18+,22-/m0/s1. The van der Waals surface area contributed by atoms with Crippen LogP contribution < -0.4 is 10.1 Å². The van der Waals surface area contributed by atoms with Crippen LogP contribution in [0.5, 0.6) is 5.75 Å². The number of carbonyl (C=O) groups is 2.